The number of pyridine rings is 1. The van der Waals surface area contributed by atoms with Gasteiger partial charge in [0.25, 0.3) is 0 Å². The van der Waals surface area contributed by atoms with Crippen LogP contribution in [-0.2, 0) is 0 Å². The zero-order chi connectivity index (χ0) is 13.8. The first-order valence-corrected chi connectivity index (χ1v) is 6.61. The number of nitrogens with zero attached hydrogens (tertiary/aromatic N) is 1. The molecule has 0 aliphatic rings. The zero-order valence-electron chi connectivity index (χ0n) is 10.8. The van der Waals surface area contributed by atoms with Crippen molar-refractivity contribution < 1.29 is 9.47 Å². The quantitative estimate of drug-likeness (QED) is 0.934. The highest BCUT2D eigenvalue weighted by molar-refractivity contribution is 9.10. The second-order valence-electron chi connectivity index (χ2n) is 4.04. The van der Waals surface area contributed by atoms with E-state index < -0.39 is 0 Å². The highest BCUT2D eigenvalue weighted by atomic mass is 79.9. The van der Waals surface area contributed by atoms with Gasteiger partial charge in [0.05, 0.1) is 7.11 Å². The Labute approximate surface area is 120 Å². The highest BCUT2D eigenvalue weighted by Crippen LogP contribution is 2.31. The Kier molecular flexibility index (Phi) is 4.27. The van der Waals surface area contributed by atoms with Gasteiger partial charge in [-0.05, 0) is 35.0 Å². The molecule has 0 aliphatic heterocycles. The summed E-state index contributed by atoms with van der Waals surface area (Å²) in [6.45, 7) is 1.94. The second kappa shape index (κ2) is 5.93. The summed E-state index contributed by atoms with van der Waals surface area (Å²) in [6, 6.07) is 9.53. The number of methoxy groups -OCH3 is 1. The van der Waals surface area contributed by atoms with Gasteiger partial charge in [-0.25, -0.2) is 4.98 Å². The SMILES string of the molecule is COc1ccccc1C(C)Oc1cc(Br)cnc1N. The van der Waals surface area contributed by atoms with Crippen molar-refractivity contribution in [2.24, 2.45) is 0 Å². The summed E-state index contributed by atoms with van der Waals surface area (Å²) in [7, 11) is 1.64. The van der Waals surface area contributed by atoms with Gasteiger partial charge in [-0.3, -0.25) is 0 Å². The van der Waals surface area contributed by atoms with E-state index in [4.69, 9.17) is 15.2 Å². The number of para-hydroxylation sites is 1. The van der Waals surface area contributed by atoms with E-state index in [9.17, 15) is 0 Å². The van der Waals surface area contributed by atoms with Crippen LogP contribution in [0.4, 0.5) is 5.82 Å². The number of benzene rings is 1. The molecule has 2 N–H and O–H groups in total. The summed E-state index contributed by atoms with van der Waals surface area (Å²) in [5, 5.41) is 0. The minimum absolute atomic E-state index is 0.186. The average Bonchev–Trinajstić information content (AvgIpc) is 2.42. The first kappa shape index (κ1) is 13.7. The van der Waals surface area contributed by atoms with E-state index in [2.05, 4.69) is 20.9 Å². The molecular weight excluding hydrogens is 308 g/mol. The molecule has 2 aromatic rings. The fraction of sp³-hybridized carbons (Fsp3) is 0.214. The number of nitrogens with two attached hydrogens (primary N) is 1. The standard InChI is InChI=1S/C14H15BrN2O2/c1-9(11-5-3-4-6-12(11)18-2)19-13-7-10(15)8-17-14(13)16/h3-9H,1-2H3,(H2,16,17). The van der Waals surface area contributed by atoms with Crippen molar-refractivity contribution >= 4 is 21.7 Å². The molecule has 5 heteroatoms. The summed E-state index contributed by atoms with van der Waals surface area (Å²) >= 11 is 3.35. The van der Waals surface area contributed by atoms with Crippen LogP contribution in [0.15, 0.2) is 41.0 Å². The Balaban J connectivity index is 2.25. The van der Waals surface area contributed by atoms with E-state index in [1.54, 1.807) is 19.4 Å². The summed E-state index contributed by atoms with van der Waals surface area (Å²) in [5.41, 5.74) is 6.76. The summed E-state index contributed by atoms with van der Waals surface area (Å²) in [6.07, 6.45) is 1.45. The molecule has 100 valence electrons. The monoisotopic (exact) mass is 322 g/mol. The Hall–Kier alpha value is -1.75. The molecule has 1 aromatic carbocycles. The van der Waals surface area contributed by atoms with Crippen LogP contribution >= 0.6 is 15.9 Å². The molecule has 0 spiro atoms. The lowest BCUT2D eigenvalue weighted by molar-refractivity contribution is 0.221. The van der Waals surface area contributed by atoms with Crippen molar-refractivity contribution in [3.63, 3.8) is 0 Å². The molecule has 1 aromatic heterocycles. The van der Waals surface area contributed by atoms with Crippen LogP contribution in [-0.4, -0.2) is 12.1 Å². The normalized spacial score (nSPS) is 11.9. The lowest BCUT2D eigenvalue weighted by Crippen LogP contribution is -2.07. The van der Waals surface area contributed by atoms with Gasteiger partial charge in [0, 0.05) is 16.2 Å². The molecule has 0 amide bonds. The van der Waals surface area contributed by atoms with Crippen LogP contribution < -0.4 is 15.2 Å². The highest BCUT2D eigenvalue weighted by Gasteiger charge is 2.14. The average molecular weight is 323 g/mol. The molecule has 0 fully saturated rings. The summed E-state index contributed by atoms with van der Waals surface area (Å²) in [4.78, 5) is 4.04. The van der Waals surface area contributed by atoms with Crippen molar-refractivity contribution in [3.8, 4) is 11.5 Å². The smallest absolute Gasteiger partial charge is 0.166 e. The van der Waals surface area contributed by atoms with Crippen molar-refractivity contribution in [1.82, 2.24) is 4.98 Å². The van der Waals surface area contributed by atoms with E-state index in [0.29, 0.717) is 11.6 Å². The molecular formula is C14H15BrN2O2. The van der Waals surface area contributed by atoms with Crippen LogP contribution in [0.3, 0.4) is 0 Å². The predicted octanol–water partition coefficient (Wildman–Crippen LogP) is 3.57. The molecule has 0 saturated carbocycles. The number of anilines is 1. The Morgan fingerprint density at radius 2 is 2.00 bits per heavy atom. The van der Waals surface area contributed by atoms with Crippen molar-refractivity contribution in [1.29, 1.82) is 0 Å². The molecule has 1 heterocycles. The van der Waals surface area contributed by atoms with Gasteiger partial charge >= 0.3 is 0 Å². The van der Waals surface area contributed by atoms with Crippen LogP contribution in [0, 0.1) is 0 Å². The maximum absolute atomic E-state index is 5.86. The molecule has 4 nitrogen and oxygen atoms in total. The third-order valence-corrected chi connectivity index (χ3v) is 3.16. The molecule has 0 bridgehead atoms. The number of halogens is 1. The lowest BCUT2D eigenvalue weighted by atomic mass is 10.1. The maximum atomic E-state index is 5.86. The van der Waals surface area contributed by atoms with Crippen LogP contribution in [0.5, 0.6) is 11.5 Å². The van der Waals surface area contributed by atoms with Crippen LogP contribution in [0.1, 0.15) is 18.6 Å². The van der Waals surface area contributed by atoms with Gasteiger partial charge in [-0.1, -0.05) is 18.2 Å². The lowest BCUT2D eigenvalue weighted by Gasteiger charge is -2.18. The third-order valence-electron chi connectivity index (χ3n) is 2.73. The van der Waals surface area contributed by atoms with E-state index >= 15 is 0 Å². The fourth-order valence-electron chi connectivity index (χ4n) is 1.78. The summed E-state index contributed by atoms with van der Waals surface area (Å²) in [5.74, 6) is 1.70. The number of aromatic nitrogens is 1. The molecule has 1 atom stereocenters. The molecule has 0 radical (unpaired) electrons. The van der Waals surface area contributed by atoms with Crippen molar-refractivity contribution in [2.45, 2.75) is 13.0 Å². The minimum atomic E-state index is -0.186. The van der Waals surface area contributed by atoms with Crippen molar-refractivity contribution in [3.05, 3.63) is 46.6 Å². The molecule has 0 aliphatic carbocycles. The minimum Gasteiger partial charge on any atom is -0.496 e. The van der Waals surface area contributed by atoms with Gasteiger partial charge in [0.15, 0.2) is 11.6 Å². The van der Waals surface area contributed by atoms with E-state index in [0.717, 1.165) is 15.8 Å². The second-order valence-corrected chi connectivity index (χ2v) is 4.95. The summed E-state index contributed by atoms with van der Waals surface area (Å²) < 4.78 is 12.0. The number of nitrogen functional groups attached to an aromatic ring is 1. The predicted molar refractivity (Wildman–Crippen MR) is 78.4 cm³/mol. The number of rotatable bonds is 4. The third kappa shape index (κ3) is 3.17. The van der Waals surface area contributed by atoms with E-state index in [1.165, 1.54) is 0 Å². The van der Waals surface area contributed by atoms with E-state index in [-0.39, 0.29) is 6.10 Å². The van der Waals surface area contributed by atoms with E-state index in [1.807, 2.05) is 31.2 Å². The van der Waals surface area contributed by atoms with Gasteiger partial charge in [0.1, 0.15) is 11.9 Å². The maximum Gasteiger partial charge on any atom is 0.166 e. The van der Waals surface area contributed by atoms with Crippen LogP contribution in [0.25, 0.3) is 0 Å². The molecule has 0 saturated heterocycles. The zero-order valence-corrected chi connectivity index (χ0v) is 12.3. The van der Waals surface area contributed by atoms with Gasteiger partial charge < -0.3 is 15.2 Å². The van der Waals surface area contributed by atoms with Crippen molar-refractivity contribution in [2.75, 3.05) is 12.8 Å². The number of hydrogen-bond acceptors (Lipinski definition) is 4. The van der Waals surface area contributed by atoms with Gasteiger partial charge in [-0.2, -0.15) is 0 Å². The molecule has 19 heavy (non-hydrogen) atoms. The Morgan fingerprint density at radius 1 is 1.26 bits per heavy atom. The number of ether oxygens (including phenoxy) is 2. The van der Waals surface area contributed by atoms with Crippen LogP contribution in [0.2, 0.25) is 0 Å². The first-order chi connectivity index (χ1) is 9.11. The fourth-order valence-corrected chi connectivity index (χ4v) is 2.09. The topological polar surface area (TPSA) is 57.4 Å². The molecule has 1 unspecified atom stereocenters. The van der Waals surface area contributed by atoms with Gasteiger partial charge in [0.2, 0.25) is 0 Å². The largest absolute Gasteiger partial charge is 0.496 e. The Bertz CT molecular complexity index is 575. The van der Waals surface area contributed by atoms with Gasteiger partial charge in [-0.15, -0.1) is 0 Å². The first-order valence-electron chi connectivity index (χ1n) is 5.82. The Morgan fingerprint density at radius 3 is 2.74 bits per heavy atom. The number of hydrogen-bond donors (Lipinski definition) is 1. The molecule has 2 rings (SSSR count).